The lowest BCUT2D eigenvalue weighted by Crippen LogP contribution is -2.47. The molecule has 0 saturated carbocycles. The van der Waals surface area contributed by atoms with Crippen molar-refractivity contribution in [3.8, 4) is 5.69 Å². The number of sulfonamides is 1. The van der Waals surface area contributed by atoms with Gasteiger partial charge in [0, 0.05) is 31.6 Å². The molecule has 3 aromatic rings. The van der Waals surface area contributed by atoms with E-state index < -0.39 is 10.0 Å². The minimum atomic E-state index is -3.44. The van der Waals surface area contributed by atoms with Crippen molar-refractivity contribution in [1.29, 1.82) is 0 Å². The number of piperazine rings is 1. The van der Waals surface area contributed by atoms with E-state index in [-0.39, 0.29) is 0 Å². The molecule has 0 aliphatic carbocycles. The summed E-state index contributed by atoms with van der Waals surface area (Å²) in [5.41, 5.74) is 1.77. The minimum absolute atomic E-state index is 0.439. The summed E-state index contributed by atoms with van der Waals surface area (Å²) in [6.45, 7) is 2.69. The smallest absolute Gasteiger partial charge is 0.236 e. The number of hydrogen-bond acceptors (Lipinski definition) is 6. The van der Waals surface area contributed by atoms with Gasteiger partial charge in [-0.05, 0) is 34.2 Å². The molecule has 2 aromatic carbocycles. The number of para-hydroxylation sites is 1. The second-order valence-electron chi connectivity index (χ2n) is 6.78. The van der Waals surface area contributed by atoms with Gasteiger partial charge in [-0.15, -0.1) is 5.10 Å². The van der Waals surface area contributed by atoms with E-state index in [1.54, 1.807) is 10.8 Å². The van der Waals surface area contributed by atoms with Gasteiger partial charge in [-0.2, -0.15) is 8.99 Å². The third-order valence-electron chi connectivity index (χ3n) is 4.82. The van der Waals surface area contributed by atoms with Crippen molar-refractivity contribution < 1.29 is 8.42 Å². The minimum Gasteiger partial charge on any atom is -0.293 e. The Bertz CT molecular complexity index is 1060. The SMILES string of the molecule is O=S(=O)(C=Cc1ccccc1)N1CCN(Cc2nnnn2-c2ccccc2)CC1. The third kappa shape index (κ3) is 4.76. The number of rotatable bonds is 6. The zero-order valence-electron chi connectivity index (χ0n) is 15.9. The lowest BCUT2D eigenvalue weighted by Gasteiger charge is -2.32. The average Bonchev–Trinajstić information content (AvgIpc) is 3.22. The maximum Gasteiger partial charge on any atom is 0.236 e. The summed E-state index contributed by atoms with van der Waals surface area (Å²) in [7, 11) is -3.44. The lowest BCUT2D eigenvalue weighted by atomic mass is 10.2. The first-order valence-corrected chi connectivity index (χ1v) is 10.9. The highest BCUT2D eigenvalue weighted by molar-refractivity contribution is 7.92. The van der Waals surface area contributed by atoms with Crippen LogP contribution in [0.3, 0.4) is 0 Å². The van der Waals surface area contributed by atoms with E-state index in [0.717, 1.165) is 17.1 Å². The molecule has 0 radical (unpaired) electrons. The molecule has 0 unspecified atom stereocenters. The summed E-state index contributed by atoms with van der Waals surface area (Å²) in [6.07, 6.45) is 1.63. The number of tetrazole rings is 1. The van der Waals surface area contributed by atoms with Gasteiger partial charge in [-0.25, -0.2) is 8.42 Å². The van der Waals surface area contributed by atoms with Crippen LogP contribution in [-0.2, 0) is 16.6 Å². The zero-order chi connectivity index (χ0) is 20.1. The van der Waals surface area contributed by atoms with Gasteiger partial charge in [0.05, 0.1) is 12.2 Å². The van der Waals surface area contributed by atoms with Crippen molar-refractivity contribution in [2.24, 2.45) is 0 Å². The summed E-state index contributed by atoms with van der Waals surface area (Å²) in [6, 6.07) is 19.1. The van der Waals surface area contributed by atoms with Gasteiger partial charge in [0.25, 0.3) is 0 Å². The van der Waals surface area contributed by atoms with Crippen molar-refractivity contribution in [3.05, 3.63) is 77.5 Å². The van der Waals surface area contributed by atoms with Crippen LogP contribution in [0.4, 0.5) is 0 Å². The summed E-state index contributed by atoms with van der Waals surface area (Å²) in [5, 5.41) is 13.3. The molecule has 1 saturated heterocycles. The van der Waals surface area contributed by atoms with E-state index in [0.29, 0.717) is 32.7 Å². The summed E-state index contributed by atoms with van der Waals surface area (Å²) in [5.74, 6) is 0.733. The van der Waals surface area contributed by atoms with Gasteiger partial charge in [0.2, 0.25) is 10.0 Å². The van der Waals surface area contributed by atoms with Crippen LogP contribution in [0.25, 0.3) is 11.8 Å². The maximum absolute atomic E-state index is 12.6. The topological polar surface area (TPSA) is 84.2 Å². The quantitative estimate of drug-likeness (QED) is 0.616. The lowest BCUT2D eigenvalue weighted by molar-refractivity contribution is 0.178. The Morgan fingerprint density at radius 2 is 1.55 bits per heavy atom. The van der Waals surface area contributed by atoms with Gasteiger partial charge in [0.15, 0.2) is 5.82 Å². The molecule has 1 aromatic heterocycles. The van der Waals surface area contributed by atoms with Crippen LogP contribution in [0.1, 0.15) is 11.4 Å². The highest BCUT2D eigenvalue weighted by Crippen LogP contribution is 2.14. The van der Waals surface area contributed by atoms with E-state index in [9.17, 15) is 8.42 Å². The Morgan fingerprint density at radius 3 is 2.24 bits per heavy atom. The van der Waals surface area contributed by atoms with Gasteiger partial charge in [0.1, 0.15) is 0 Å². The fraction of sp³-hybridized carbons (Fsp3) is 0.250. The third-order valence-corrected chi connectivity index (χ3v) is 6.39. The summed E-state index contributed by atoms with van der Waals surface area (Å²) in [4.78, 5) is 2.16. The van der Waals surface area contributed by atoms with Crippen LogP contribution < -0.4 is 0 Å². The van der Waals surface area contributed by atoms with Crippen molar-refractivity contribution in [2.75, 3.05) is 26.2 Å². The van der Waals surface area contributed by atoms with Crippen LogP contribution in [0.5, 0.6) is 0 Å². The van der Waals surface area contributed by atoms with Crippen LogP contribution in [0, 0.1) is 0 Å². The molecule has 1 aliphatic rings. The Morgan fingerprint density at radius 1 is 0.897 bits per heavy atom. The first kappa shape index (κ1) is 19.4. The van der Waals surface area contributed by atoms with E-state index in [2.05, 4.69) is 20.4 Å². The maximum atomic E-state index is 12.6. The Labute approximate surface area is 170 Å². The Hall–Kier alpha value is -2.88. The number of nitrogens with zero attached hydrogens (tertiary/aromatic N) is 6. The van der Waals surface area contributed by atoms with Crippen molar-refractivity contribution in [1.82, 2.24) is 29.4 Å². The highest BCUT2D eigenvalue weighted by atomic mass is 32.2. The molecule has 150 valence electrons. The molecule has 0 spiro atoms. The van der Waals surface area contributed by atoms with Crippen LogP contribution in [-0.4, -0.2) is 64.0 Å². The van der Waals surface area contributed by atoms with Crippen molar-refractivity contribution in [2.45, 2.75) is 6.54 Å². The molecule has 9 heteroatoms. The standard InChI is InChI=1S/C20H22N6O2S/c27-29(28,16-11-18-7-3-1-4-8-18)25-14-12-24(13-15-25)17-20-21-22-23-26(20)19-9-5-2-6-10-19/h1-11,16H,12-15,17H2. The van der Waals surface area contributed by atoms with E-state index in [4.69, 9.17) is 0 Å². The van der Waals surface area contributed by atoms with Gasteiger partial charge < -0.3 is 0 Å². The Balaban J connectivity index is 1.37. The highest BCUT2D eigenvalue weighted by Gasteiger charge is 2.26. The molecule has 1 aliphatic heterocycles. The molecule has 1 fully saturated rings. The van der Waals surface area contributed by atoms with Crippen molar-refractivity contribution in [3.63, 3.8) is 0 Å². The van der Waals surface area contributed by atoms with E-state index in [1.807, 2.05) is 60.7 Å². The Kier molecular flexibility index (Phi) is 5.79. The molecule has 4 rings (SSSR count). The fourth-order valence-electron chi connectivity index (χ4n) is 3.23. The molecule has 29 heavy (non-hydrogen) atoms. The van der Waals surface area contributed by atoms with Crippen LogP contribution in [0.2, 0.25) is 0 Å². The predicted molar refractivity (Wildman–Crippen MR) is 110 cm³/mol. The number of aromatic nitrogens is 4. The average molecular weight is 411 g/mol. The van der Waals surface area contributed by atoms with Crippen molar-refractivity contribution >= 4 is 16.1 Å². The first-order chi connectivity index (χ1) is 14.1. The van der Waals surface area contributed by atoms with E-state index in [1.165, 1.54) is 9.71 Å². The molecule has 2 heterocycles. The van der Waals surface area contributed by atoms with Crippen LogP contribution >= 0.6 is 0 Å². The molecule has 0 N–H and O–H groups in total. The second kappa shape index (κ2) is 8.64. The second-order valence-corrected chi connectivity index (χ2v) is 8.59. The summed E-state index contributed by atoms with van der Waals surface area (Å²) >= 11 is 0. The fourth-order valence-corrected chi connectivity index (χ4v) is 4.40. The monoisotopic (exact) mass is 410 g/mol. The van der Waals surface area contributed by atoms with E-state index >= 15 is 0 Å². The normalized spacial score (nSPS) is 16.4. The van der Waals surface area contributed by atoms with Gasteiger partial charge >= 0.3 is 0 Å². The van der Waals surface area contributed by atoms with Gasteiger partial charge in [-0.3, -0.25) is 4.90 Å². The zero-order valence-corrected chi connectivity index (χ0v) is 16.7. The van der Waals surface area contributed by atoms with Gasteiger partial charge in [-0.1, -0.05) is 48.5 Å². The molecule has 0 atom stereocenters. The molecule has 0 bridgehead atoms. The number of hydrogen-bond donors (Lipinski definition) is 0. The molecule has 8 nitrogen and oxygen atoms in total. The number of benzene rings is 2. The largest absolute Gasteiger partial charge is 0.293 e. The first-order valence-electron chi connectivity index (χ1n) is 9.40. The van der Waals surface area contributed by atoms with Crippen LogP contribution in [0.15, 0.2) is 66.1 Å². The predicted octanol–water partition coefficient (Wildman–Crippen LogP) is 1.78. The summed E-state index contributed by atoms with van der Waals surface area (Å²) < 4.78 is 28.4. The molecule has 0 amide bonds. The molecular weight excluding hydrogens is 388 g/mol. The molecular formula is C20H22N6O2S.